The summed E-state index contributed by atoms with van der Waals surface area (Å²) in [5, 5.41) is 13.9. The molecule has 0 saturated carbocycles. The molecule has 8 nitrogen and oxygen atoms in total. The maximum atomic E-state index is 12.4. The van der Waals surface area contributed by atoms with Crippen LogP contribution in [-0.2, 0) is 0 Å². The molecule has 0 amide bonds. The van der Waals surface area contributed by atoms with Crippen molar-refractivity contribution >= 4 is 22.5 Å². The first-order valence-electron chi connectivity index (χ1n) is 11.2. The minimum atomic E-state index is -0.151. The smallest absolute Gasteiger partial charge is 0.249 e. The zero-order chi connectivity index (χ0) is 23.7. The minimum absolute atomic E-state index is 0.0171. The highest BCUT2D eigenvalue weighted by atomic mass is 16.5. The number of aromatic nitrogens is 2. The number of hydrogen-bond donors (Lipinski definition) is 2. The summed E-state index contributed by atoms with van der Waals surface area (Å²) in [5.74, 6) is 1.56. The standard InChI is InChI=1S/C26H25N5O3/c1-16-4-6-17(7-5-16)23(32)15-33-21-11-10-18-13-20(9-8-19(18)14-21)24-29-25(34-30-24)22-3-2-12-31(22)26(27)28/h4-11,13-14,22H,2-3,12,15H2,1H3,(H3,27,28)/t22-/m0/s1. The molecular formula is C26H25N5O3. The lowest BCUT2D eigenvalue weighted by Crippen LogP contribution is -2.35. The van der Waals surface area contributed by atoms with E-state index in [9.17, 15) is 4.79 Å². The number of Topliss-reactive ketones (excluding diaryl/α,β-unsaturated/α-hetero) is 1. The predicted octanol–water partition coefficient (Wildman–Crippen LogP) is 4.49. The Labute approximate surface area is 196 Å². The molecule has 1 aromatic heterocycles. The number of nitrogens with zero attached hydrogens (tertiary/aromatic N) is 3. The van der Waals surface area contributed by atoms with Gasteiger partial charge in [-0.15, -0.1) is 0 Å². The number of carbonyl (C=O) groups is 1. The zero-order valence-corrected chi connectivity index (χ0v) is 18.8. The van der Waals surface area contributed by atoms with Crippen LogP contribution >= 0.6 is 0 Å². The summed E-state index contributed by atoms with van der Waals surface area (Å²) >= 11 is 0. The van der Waals surface area contributed by atoms with Crippen LogP contribution in [0, 0.1) is 12.3 Å². The first-order chi connectivity index (χ1) is 16.5. The quantitative estimate of drug-likeness (QED) is 0.250. The van der Waals surface area contributed by atoms with Crippen LogP contribution in [0.25, 0.3) is 22.2 Å². The van der Waals surface area contributed by atoms with Crippen molar-refractivity contribution in [1.82, 2.24) is 15.0 Å². The Hall–Kier alpha value is -4.20. The van der Waals surface area contributed by atoms with Crippen LogP contribution < -0.4 is 10.5 Å². The minimum Gasteiger partial charge on any atom is -0.485 e. The molecule has 1 aliphatic heterocycles. The Morgan fingerprint density at radius 1 is 1.15 bits per heavy atom. The lowest BCUT2D eigenvalue weighted by atomic mass is 10.1. The van der Waals surface area contributed by atoms with Gasteiger partial charge in [-0.1, -0.05) is 53.2 Å². The molecule has 0 radical (unpaired) electrons. The van der Waals surface area contributed by atoms with Gasteiger partial charge >= 0.3 is 0 Å². The number of aryl methyl sites for hydroxylation is 1. The van der Waals surface area contributed by atoms with Crippen LogP contribution in [0.1, 0.15) is 40.7 Å². The Kier molecular flexibility index (Phi) is 5.71. The average molecular weight is 456 g/mol. The van der Waals surface area contributed by atoms with E-state index in [0.717, 1.165) is 34.7 Å². The molecule has 3 N–H and O–H groups in total. The summed E-state index contributed by atoms with van der Waals surface area (Å²) < 4.78 is 11.2. The van der Waals surface area contributed by atoms with Crippen LogP contribution in [-0.4, -0.2) is 39.9 Å². The molecule has 0 bridgehead atoms. The molecule has 172 valence electrons. The number of ketones is 1. The highest BCUT2D eigenvalue weighted by molar-refractivity contribution is 5.97. The molecule has 1 aliphatic rings. The van der Waals surface area contributed by atoms with Crippen molar-refractivity contribution in [3.05, 3.63) is 77.7 Å². The number of benzene rings is 3. The van der Waals surface area contributed by atoms with Gasteiger partial charge in [-0.05, 0) is 48.7 Å². The Morgan fingerprint density at radius 2 is 1.91 bits per heavy atom. The number of nitrogens with one attached hydrogen (secondary N) is 1. The van der Waals surface area contributed by atoms with Gasteiger partial charge in [-0.25, -0.2) is 0 Å². The summed E-state index contributed by atoms with van der Waals surface area (Å²) in [4.78, 5) is 18.7. The third-order valence-corrected chi connectivity index (χ3v) is 6.10. The van der Waals surface area contributed by atoms with E-state index in [2.05, 4.69) is 10.1 Å². The number of likely N-dealkylation sites (tertiary alicyclic amines) is 1. The van der Waals surface area contributed by atoms with Crippen molar-refractivity contribution in [2.75, 3.05) is 13.2 Å². The van der Waals surface area contributed by atoms with Crippen molar-refractivity contribution in [2.45, 2.75) is 25.8 Å². The second-order valence-corrected chi connectivity index (χ2v) is 8.49. The number of hydrogen-bond acceptors (Lipinski definition) is 6. The van der Waals surface area contributed by atoms with Crippen LogP contribution in [0.4, 0.5) is 0 Å². The molecule has 2 heterocycles. The number of guanidine groups is 1. The van der Waals surface area contributed by atoms with E-state index in [4.69, 9.17) is 20.4 Å². The van der Waals surface area contributed by atoms with E-state index >= 15 is 0 Å². The Balaban J connectivity index is 1.30. The van der Waals surface area contributed by atoms with Gasteiger partial charge in [-0.2, -0.15) is 4.98 Å². The number of ether oxygens (including phenoxy) is 1. The third-order valence-electron chi connectivity index (χ3n) is 6.10. The predicted molar refractivity (Wildman–Crippen MR) is 129 cm³/mol. The zero-order valence-electron chi connectivity index (χ0n) is 18.8. The van der Waals surface area contributed by atoms with Gasteiger partial charge in [0.1, 0.15) is 11.8 Å². The molecule has 8 heteroatoms. The van der Waals surface area contributed by atoms with Gasteiger partial charge in [0.15, 0.2) is 18.3 Å². The second-order valence-electron chi connectivity index (χ2n) is 8.49. The van der Waals surface area contributed by atoms with Gasteiger partial charge < -0.3 is 19.9 Å². The first kappa shape index (κ1) is 21.6. The molecule has 3 aromatic carbocycles. The monoisotopic (exact) mass is 455 g/mol. The molecule has 1 fully saturated rings. The Bertz CT molecular complexity index is 1360. The summed E-state index contributed by atoms with van der Waals surface area (Å²) in [6, 6.07) is 18.9. The van der Waals surface area contributed by atoms with Crippen molar-refractivity contribution in [1.29, 1.82) is 5.41 Å². The largest absolute Gasteiger partial charge is 0.485 e. The molecular weight excluding hydrogens is 430 g/mol. The maximum Gasteiger partial charge on any atom is 0.249 e. The van der Waals surface area contributed by atoms with Crippen LogP contribution in [0.2, 0.25) is 0 Å². The van der Waals surface area contributed by atoms with Crippen molar-refractivity contribution in [2.24, 2.45) is 5.73 Å². The summed E-state index contributed by atoms with van der Waals surface area (Å²) in [6.45, 7) is 2.69. The van der Waals surface area contributed by atoms with E-state index in [-0.39, 0.29) is 24.4 Å². The topological polar surface area (TPSA) is 118 Å². The highest BCUT2D eigenvalue weighted by Crippen LogP contribution is 2.32. The third kappa shape index (κ3) is 4.34. The van der Waals surface area contributed by atoms with Crippen LogP contribution in [0.3, 0.4) is 0 Å². The molecule has 1 saturated heterocycles. The molecule has 4 aromatic rings. The van der Waals surface area contributed by atoms with Gasteiger partial charge in [0, 0.05) is 17.7 Å². The fourth-order valence-corrected chi connectivity index (χ4v) is 4.22. The van der Waals surface area contributed by atoms with Gasteiger partial charge in [0.05, 0.1) is 0 Å². The maximum absolute atomic E-state index is 12.4. The number of carbonyl (C=O) groups excluding carboxylic acids is 1. The Morgan fingerprint density at radius 3 is 2.71 bits per heavy atom. The lowest BCUT2D eigenvalue weighted by Gasteiger charge is -2.21. The summed E-state index contributed by atoms with van der Waals surface area (Å²) in [7, 11) is 0. The first-order valence-corrected chi connectivity index (χ1v) is 11.2. The summed E-state index contributed by atoms with van der Waals surface area (Å²) in [6.07, 6.45) is 1.76. The van der Waals surface area contributed by atoms with Crippen LogP contribution in [0.5, 0.6) is 5.75 Å². The summed E-state index contributed by atoms with van der Waals surface area (Å²) in [5.41, 5.74) is 8.26. The molecule has 5 rings (SSSR count). The molecule has 34 heavy (non-hydrogen) atoms. The molecule has 0 aliphatic carbocycles. The van der Waals surface area contributed by atoms with Gasteiger partial charge in [0.25, 0.3) is 0 Å². The van der Waals surface area contributed by atoms with Crippen molar-refractivity contribution < 1.29 is 14.1 Å². The normalized spacial score (nSPS) is 15.6. The van der Waals surface area contributed by atoms with E-state index in [1.165, 1.54) is 0 Å². The second kappa shape index (κ2) is 8.97. The average Bonchev–Trinajstić information content (AvgIpc) is 3.52. The fraction of sp³-hybridized carbons (Fsp3) is 0.231. The number of fused-ring (bicyclic) bond motifs is 1. The molecule has 0 spiro atoms. The van der Waals surface area contributed by atoms with E-state index in [0.29, 0.717) is 29.6 Å². The van der Waals surface area contributed by atoms with E-state index in [1.807, 2.05) is 67.6 Å². The molecule has 0 unspecified atom stereocenters. The van der Waals surface area contributed by atoms with E-state index < -0.39 is 0 Å². The van der Waals surface area contributed by atoms with E-state index in [1.54, 1.807) is 4.90 Å². The van der Waals surface area contributed by atoms with Crippen molar-refractivity contribution in [3.8, 4) is 17.1 Å². The highest BCUT2D eigenvalue weighted by Gasteiger charge is 2.31. The van der Waals surface area contributed by atoms with Crippen molar-refractivity contribution in [3.63, 3.8) is 0 Å². The number of nitrogens with two attached hydrogens (primary N) is 1. The fourth-order valence-electron chi connectivity index (χ4n) is 4.22. The number of rotatable bonds is 6. The molecule has 1 atom stereocenters. The lowest BCUT2D eigenvalue weighted by molar-refractivity contribution is 0.0921. The van der Waals surface area contributed by atoms with Crippen LogP contribution in [0.15, 0.2) is 65.2 Å². The SMILES string of the molecule is Cc1ccc(C(=O)COc2ccc3cc(-c4noc([C@@H]5CCCN5C(=N)N)n4)ccc3c2)cc1. The van der Waals surface area contributed by atoms with Gasteiger partial charge in [0.2, 0.25) is 11.7 Å². The van der Waals surface area contributed by atoms with Gasteiger partial charge in [-0.3, -0.25) is 10.2 Å².